The van der Waals surface area contributed by atoms with E-state index >= 15 is 0 Å². The molecule has 1 saturated heterocycles. The van der Waals surface area contributed by atoms with Crippen LogP contribution in [0.2, 0.25) is 0 Å². The highest BCUT2D eigenvalue weighted by atomic mass is 32.2. The number of halogens is 3. The van der Waals surface area contributed by atoms with Gasteiger partial charge in [0.2, 0.25) is 0 Å². The Morgan fingerprint density at radius 2 is 1.95 bits per heavy atom. The second kappa shape index (κ2) is 6.05. The largest absolute Gasteiger partial charge is 0.352 e. The summed E-state index contributed by atoms with van der Waals surface area (Å²) >= 11 is 0. The fraction of sp³-hybridized carbons (Fsp3) is 0.462. The molecule has 0 aromatic heterocycles. The van der Waals surface area contributed by atoms with Crippen molar-refractivity contribution in [3.8, 4) is 0 Å². The maximum absolute atomic E-state index is 13.4. The molecule has 1 heterocycles. The number of benzene rings is 1. The fourth-order valence-corrected chi connectivity index (χ4v) is 4.20. The summed E-state index contributed by atoms with van der Waals surface area (Å²) in [6, 6.07) is 1.54. The van der Waals surface area contributed by atoms with Crippen molar-refractivity contribution in [2.45, 2.75) is 12.8 Å². The summed E-state index contributed by atoms with van der Waals surface area (Å²) in [7, 11) is -2.98. The minimum atomic E-state index is -2.98. The third-order valence-corrected chi connectivity index (χ3v) is 5.28. The van der Waals surface area contributed by atoms with Crippen LogP contribution in [0.1, 0.15) is 23.2 Å². The minimum absolute atomic E-state index is 0.0369. The maximum Gasteiger partial charge on any atom is 0.254 e. The fourth-order valence-electron chi connectivity index (χ4n) is 2.29. The average Bonchev–Trinajstić information content (AvgIpc) is 2.75. The normalized spacial score (nSPS) is 20.4. The molecule has 116 valence electrons. The minimum Gasteiger partial charge on any atom is -0.352 e. The molecule has 1 amide bonds. The van der Waals surface area contributed by atoms with E-state index in [4.69, 9.17) is 0 Å². The lowest BCUT2D eigenvalue weighted by Gasteiger charge is -2.09. The van der Waals surface area contributed by atoms with Gasteiger partial charge in [-0.25, -0.2) is 21.6 Å². The van der Waals surface area contributed by atoms with Gasteiger partial charge < -0.3 is 5.32 Å². The van der Waals surface area contributed by atoms with Gasteiger partial charge in [-0.2, -0.15) is 0 Å². The van der Waals surface area contributed by atoms with Crippen molar-refractivity contribution in [3.05, 3.63) is 35.1 Å². The number of nitrogens with one attached hydrogen (secondary N) is 1. The molecule has 0 spiro atoms. The first-order valence-electron chi connectivity index (χ1n) is 6.42. The van der Waals surface area contributed by atoms with Crippen molar-refractivity contribution in [1.82, 2.24) is 5.32 Å². The van der Waals surface area contributed by atoms with E-state index in [0.717, 1.165) is 6.07 Å². The second-order valence-corrected chi connectivity index (χ2v) is 7.27. The number of carbonyl (C=O) groups is 1. The highest BCUT2D eigenvalue weighted by Gasteiger charge is 2.27. The Hall–Kier alpha value is -1.57. The Kier molecular flexibility index (Phi) is 4.55. The predicted octanol–water partition coefficient (Wildman–Crippen LogP) is 1.66. The van der Waals surface area contributed by atoms with Crippen LogP contribution in [0.15, 0.2) is 12.1 Å². The highest BCUT2D eigenvalue weighted by molar-refractivity contribution is 7.91. The lowest BCUT2D eigenvalue weighted by Crippen LogP contribution is -2.27. The summed E-state index contributed by atoms with van der Waals surface area (Å²) in [4.78, 5) is 11.7. The first kappa shape index (κ1) is 15.8. The third kappa shape index (κ3) is 3.75. The highest BCUT2D eigenvalue weighted by Crippen LogP contribution is 2.21. The number of hydrogen-bond donors (Lipinski definition) is 1. The van der Waals surface area contributed by atoms with Gasteiger partial charge in [0.15, 0.2) is 27.3 Å². The first-order valence-corrected chi connectivity index (χ1v) is 8.24. The molecule has 1 N–H and O–H groups in total. The molecule has 1 unspecified atom stereocenters. The Labute approximate surface area is 120 Å². The zero-order valence-corrected chi connectivity index (χ0v) is 11.9. The summed E-state index contributed by atoms with van der Waals surface area (Å²) in [5.74, 6) is -5.25. The monoisotopic (exact) mass is 321 g/mol. The van der Waals surface area contributed by atoms with Gasteiger partial charge in [0.1, 0.15) is 0 Å². The molecule has 8 heteroatoms. The molecule has 1 aromatic carbocycles. The Morgan fingerprint density at radius 1 is 1.24 bits per heavy atom. The lowest BCUT2D eigenvalue weighted by atomic mass is 10.1. The molecule has 21 heavy (non-hydrogen) atoms. The smallest absolute Gasteiger partial charge is 0.254 e. The number of amides is 1. The number of rotatable bonds is 4. The molecule has 2 rings (SSSR count). The van der Waals surface area contributed by atoms with E-state index in [1.165, 1.54) is 0 Å². The van der Waals surface area contributed by atoms with Crippen LogP contribution in [0.3, 0.4) is 0 Å². The summed E-state index contributed by atoms with van der Waals surface area (Å²) in [5.41, 5.74) is -0.576. The van der Waals surface area contributed by atoms with Crippen molar-refractivity contribution in [3.63, 3.8) is 0 Å². The molecule has 0 saturated carbocycles. The summed E-state index contributed by atoms with van der Waals surface area (Å²) in [6.45, 7) is 0.150. The van der Waals surface area contributed by atoms with Crippen LogP contribution < -0.4 is 5.32 Å². The van der Waals surface area contributed by atoms with E-state index in [2.05, 4.69) is 5.32 Å². The van der Waals surface area contributed by atoms with Gasteiger partial charge in [-0.15, -0.1) is 0 Å². The van der Waals surface area contributed by atoms with Crippen molar-refractivity contribution in [1.29, 1.82) is 0 Å². The van der Waals surface area contributed by atoms with Crippen molar-refractivity contribution >= 4 is 15.7 Å². The molecular formula is C13H14F3NO3S. The molecule has 1 aliphatic rings. The number of carbonyl (C=O) groups excluding carboxylic acids is 1. The molecular weight excluding hydrogens is 307 g/mol. The lowest BCUT2D eigenvalue weighted by molar-refractivity contribution is 0.0946. The third-order valence-electron chi connectivity index (χ3n) is 3.44. The molecule has 0 bridgehead atoms. The zero-order chi connectivity index (χ0) is 15.6. The predicted molar refractivity (Wildman–Crippen MR) is 70.0 cm³/mol. The van der Waals surface area contributed by atoms with Crippen LogP contribution >= 0.6 is 0 Å². The first-order chi connectivity index (χ1) is 9.80. The topological polar surface area (TPSA) is 63.2 Å². The van der Waals surface area contributed by atoms with Gasteiger partial charge in [0.05, 0.1) is 17.1 Å². The SMILES string of the molecule is O=C(NCCC1CCS(=O)(=O)C1)c1ccc(F)c(F)c1F. The van der Waals surface area contributed by atoms with E-state index in [0.29, 0.717) is 18.9 Å². The Morgan fingerprint density at radius 3 is 2.57 bits per heavy atom. The van der Waals surface area contributed by atoms with E-state index in [1.807, 2.05) is 0 Å². The summed E-state index contributed by atoms with van der Waals surface area (Å²) < 4.78 is 61.7. The molecule has 0 aliphatic carbocycles. The summed E-state index contributed by atoms with van der Waals surface area (Å²) in [6.07, 6.45) is 0.980. The second-order valence-electron chi connectivity index (χ2n) is 5.04. The summed E-state index contributed by atoms with van der Waals surface area (Å²) in [5, 5.41) is 2.38. The maximum atomic E-state index is 13.4. The van der Waals surface area contributed by atoms with Crippen molar-refractivity contribution in [2.75, 3.05) is 18.1 Å². The van der Waals surface area contributed by atoms with Crippen LogP contribution in [-0.4, -0.2) is 32.4 Å². The van der Waals surface area contributed by atoms with E-state index in [1.54, 1.807) is 0 Å². The zero-order valence-electron chi connectivity index (χ0n) is 11.0. The van der Waals surface area contributed by atoms with E-state index in [-0.39, 0.29) is 24.0 Å². The molecule has 1 atom stereocenters. The molecule has 1 aliphatic heterocycles. The van der Waals surface area contributed by atoms with Crippen LogP contribution in [-0.2, 0) is 9.84 Å². The van der Waals surface area contributed by atoms with Crippen LogP contribution in [0.4, 0.5) is 13.2 Å². The van der Waals surface area contributed by atoms with Crippen LogP contribution in [0.5, 0.6) is 0 Å². The van der Waals surface area contributed by atoms with Crippen molar-refractivity contribution < 1.29 is 26.4 Å². The van der Waals surface area contributed by atoms with Crippen LogP contribution in [0, 0.1) is 23.4 Å². The Bertz CT molecular complexity index is 661. The van der Waals surface area contributed by atoms with Gasteiger partial charge in [0, 0.05) is 6.54 Å². The quantitative estimate of drug-likeness (QED) is 0.858. The average molecular weight is 321 g/mol. The van der Waals surface area contributed by atoms with Gasteiger partial charge in [-0.1, -0.05) is 0 Å². The van der Waals surface area contributed by atoms with Gasteiger partial charge in [-0.3, -0.25) is 4.79 Å². The van der Waals surface area contributed by atoms with Gasteiger partial charge in [0.25, 0.3) is 5.91 Å². The standard InChI is InChI=1S/C13H14F3NO3S/c14-10-2-1-9(11(15)12(10)16)13(18)17-5-3-8-4-6-21(19,20)7-8/h1-2,8H,3-7H2,(H,17,18). The molecule has 4 nitrogen and oxygen atoms in total. The van der Waals surface area contributed by atoms with E-state index < -0.39 is 38.8 Å². The number of sulfone groups is 1. The molecule has 1 aromatic rings. The van der Waals surface area contributed by atoms with Gasteiger partial charge >= 0.3 is 0 Å². The van der Waals surface area contributed by atoms with Crippen LogP contribution in [0.25, 0.3) is 0 Å². The van der Waals surface area contributed by atoms with E-state index in [9.17, 15) is 26.4 Å². The van der Waals surface area contributed by atoms with Crippen molar-refractivity contribution in [2.24, 2.45) is 5.92 Å². The Balaban J connectivity index is 1.90. The number of hydrogen-bond acceptors (Lipinski definition) is 3. The molecule has 0 radical (unpaired) electrons. The molecule has 1 fully saturated rings. The van der Waals surface area contributed by atoms with Gasteiger partial charge in [-0.05, 0) is 30.9 Å².